The monoisotopic (exact) mass is 455 g/mol. The lowest BCUT2D eigenvalue weighted by molar-refractivity contribution is 0.0895. The molecule has 0 amide bonds. The van der Waals surface area contributed by atoms with Crippen molar-refractivity contribution in [3.05, 3.63) is 58.7 Å². The summed E-state index contributed by atoms with van der Waals surface area (Å²) in [5.74, 6) is 0.526. The molecule has 0 N–H and O–H groups in total. The summed E-state index contributed by atoms with van der Waals surface area (Å²) in [6.45, 7) is 8.16. The molecular formula is C26H32O5P+. The minimum absolute atomic E-state index is 0.301. The Morgan fingerprint density at radius 3 is 1.84 bits per heavy atom. The molecule has 0 aromatic heterocycles. The number of ether oxygens (including phenoxy) is 2. The number of carbonyl (C=O) groups is 2. The predicted octanol–water partition coefficient (Wildman–Crippen LogP) is 6.65. The van der Waals surface area contributed by atoms with Crippen LogP contribution in [-0.4, -0.2) is 29.7 Å². The van der Waals surface area contributed by atoms with Crippen LogP contribution >= 0.6 is 7.80 Å². The highest BCUT2D eigenvalue weighted by Gasteiger charge is 2.61. The molecule has 0 heterocycles. The van der Waals surface area contributed by atoms with Gasteiger partial charge in [-0.3, -0.25) is 4.79 Å². The lowest BCUT2D eigenvalue weighted by atomic mass is 9.82. The van der Waals surface area contributed by atoms with Crippen molar-refractivity contribution in [2.75, 3.05) is 13.2 Å². The topological polar surface area (TPSA) is 69.7 Å². The zero-order valence-electron chi connectivity index (χ0n) is 19.4. The van der Waals surface area contributed by atoms with Gasteiger partial charge in [0.2, 0.25) is 10.9 Å². The minimum Gasteiger partial charge on any atom is -0.493 e. The first-order chi connectivity index (χ1) is 15.4. The molecule has 1 unspecified atom stereocenters. The van der Waals surface area contributed by atoms with E-state index in [0.717, 1.165) is 30.4 Å². The summed E-state index contributed by atoms with van der Waals surface area (Å²) in [6.07, 6.45) is 3.32. The predicted molar refractivity (Wildman–Crippen MR) is 127 cm³/mol. The largest absolute Gasteiger partial charge is 0.493 e. The van der Waals surface area contributed by atoms with Crippen molar-refractivity contribution in [1.82, 2.24) is 0 Å². The number of benzene rings is 2. The maximum atomic E-state index is 14.2. The van der Waals surface area contributed by atoms with Crippen molar-refractivity contribution < 1.29 is 23.6 Å². The molecular weight excluding hydrogens is 423 g/mol. The smallest absolute Gasteiger partial charge is 0.434 e. The van der Waals surface area contributed by atoms with Gasteiger partial charge in [-0.25, -0.2) is 4.79 Å². The SMILES string of the molecule is CCOc1cccc(OCC)c1C(=O)C1([P+](=O)C(=O)c2c(C)cccc2C)CCCCC1. The van der Waals surface area contributed by atoms with Crippen molar-refractivity contribution in [3.63, 3.8) is 0 Å². The Kier molecular flexibility index (Phi) is 7.84. The number of rotatable bonds is 9. The van der Waals surface area contributed by atoms with E-state index in [1.165, 1.54) is 0 Å². The van der Waals surface area contributed by atoms with Crippen LogP contribution in [0.5, 0.6) is 11.5 Å². The summed E-state index contributed by atoms with van der Waals surface area (Å²) in [7, 11) is -2.51. The summed E-state index contributed by atoms with van der Waals surface area (Å²) >= 11 is 0. The van der Waals surface area contributed by atoms with Crippen LogP contribution in [0.3, 0.4) is 0 Å². The molecule has 0 saturated heterocycles. The Bertz CT molecular complexity index is 976. The average Bonchev–Trinajstić information content (AvgIpc) is 2.79. The molecule has 0 spiro atoms. The first-order valence-corrected chi connectivity index (χ1v) is 12.6. The van der Waals surface area contributed by atoms with Crippen LogP contribution in [0.25, 0.3) is 0 Å². The van der Waals surface area contributed by atoms with E-state index < -0.39 is 18.5 Å². The Morgan fingerprint density at radius 1 is 0.844 bits per heavy atom. The van der Waals surface area contributed by atoms with Crippen molar-refractivity contribution in [2.24, 2.45) is 0 Å². The molecule has 2 aromatic carbocycles. The van der Waals surface area contributed by atoms with Crippen molar-refractivity contribution >= 4 is 19.1 Å². The number of ketones is 1. The minimum atomic E-state index is -2.51. The summed E-state index contributed by atoms with van der Waals surface area (Å²) in [5.41, 5.74) is 1.89. The number of Topliss-reactive ketones (excluding diaryl/α,β-unsaturated/α-hetero) is 1. The Morgan fingerprint density at radius 2 is 1.34 bits per heavy atom. The standard InChI is InChI=1S/C26H32O5P/c1-5-30-20-14-11-15-21(31-6-2)23(20)24(27)26(16-8-7-9-17-26)32(29)25(28)22-18(3)12-10-13-19(22)4/h10-15H,5-9,16-17H2,1-4H3/q+1. The second-order valence-corrected chi connectivity index (χ2v) is 10.1. The van der Waals surface area contributed by atoms with Gasteiger partial charge in [0.25, 0.3) is 0 Å². The van der Waals surface area contributed by atoms with Crippen LogP contribution in [0, 0.1) is 13.8 Å². The summed E-state index contributed by atoms with van der Waals surface area (Å²) in [4.78, 5) is 27.7. The van der Waals surface area contributed by atoms with Gasteiger partial charge >= 0.3 is 13.3 Å². The highest BCUT2D eigenvalue weighted by Crippen LogP contribution is 2.54. The zero-order valence-corrected chi connectivity index (χ0v) is 20.3. The lowest BCUT2D eigenvalue weighted by Gasteiger charge is -2.28. The Balaban J connectivity index is 2.14. The molecule has 1 aliphatic rings. The van der Waals surface area contributed by atoms with Gasteiger partial charge in [-0.2, -0.15) is 0 Å². The Labute approximate surface area is 191 Å². The van der Waals surface area contributed by atoms with Gasteiger partial charge in [0.05, 0.1) is 18.8 Å². The molecule has 32 heavy (non-hydrogen) atoms. The number of aryl methyl sites for hydroxylation is 2. The molecule has 1 atom stereocenters. The van der Waals surface area contributed by atoms with E-state index in [-0.39, 0.29) is 5.78 Å². The maximum Gasteiger partial charge on any atom is 0.434 e. The van der Waals surface area contributed by atoms with E-state index in [1.54, 1.807) is 18.2 Å². The molecule has 0 radical (unpaired) electrons. The van der Waals surface area contributed by atoms with Crippen LogP contribution < -0.4 is 9.47 Å². The van der Waals surface area contributed by atoms with Crippen LogP contribution in [0.15, 0.2) is 36.4 Å². The number of hydrogen-bond donors (Lipinski definition) is 0. The third kappa shape index (κ3) is 4.49. The van der Waals surface area contributed by atoms with Gasteiger partial charge < -0.3 is 9.47 Å². The molecule has 2 aromatic rings. The third-order valence-electron chi connectivity index (χ3n) is 6.19. The Hall–Kier alpha value is -2.52. The molecule has 5 nitrogen and oxygen atoms in total. The molecule has 0 bridgehead atoms. The second kappa shape index (κ2) is 10.4. The summed E-state index contributed by atoms with van der Waals surface area (Å²) < 4.78 is 25.5. The van der Waals surface area contributed by atoms with Gasteiger partial charge in [0, 0.05) is 12.8 Å². The molecule has 170 valence electrons. The number of carbonyl (C=O) groups excluding carboxylic acids is 2. The molecule has 0 aliphatic heterocycles. The van der Waals surface area contributed by atoms with E-state index in [9.17, 15) is 14.2 Å². The van der Waals surface area contributed by atoms with E-state index in [2.05, 4.69) is 0 Å². The van der Waals surface area contributed by atoms with Crippen LogP contribution in [0.2, 0.25) is 0 Å². The number of hydrogen-bond acceptors (Lipinski definition) is 5. The highest BCUT2D eigenvalue weighted by molar-refractivity contribution is 7.67. The van der Waals surface area contributed by atoms with Crippen molar-refractivity contribution in [1.29, 1.82) is 0 Å². The van der Waals surface area contributed by atoms with E-state index in [4.69, 9.17) is 9.47 Å². The molecule has 6 heteroatoms. The molecule has 1 saturated carbocycles. The lowest BCUT2D eigenvalue weighted by Crippen LogP contribution is -2.39. The van der Waals surface area contributed by atoms with Crippen LogP contribution in [0.4, 0.5) is 0 Å². The summed E-state index contributed by atoms with van der Waals surface area (Å²) in [6, 6.07) is 10.8. The van der Waals surface area contributed by atoms with E-state index in [0.29, 0.717) is 48.7 Å². The van der Waals surface area contributed by atoms with Crippen LogP contribution in [-0.2, 0) is 4.57 Å². The van der Waals surface area contributed by atoms with Gasteiger partial charge in [0.15, 0.2) is 0 Å². The first kappa shape index (κ1) is 24.1. The fourth-order valence-electron chi connectivity index (χ4n) is 4.63. The van der Waals surface area contributed by atoms with Gasteiger partial charge in [-0.05, 0) is 63.8 Å². The van der Waals surface area contributed by atoms with Crippen molar-refractivity contribution in [3.8, 4) is 11.5 Å². The van der Waals surface area contributed by atoms with Crippen molar-refractivity contribution in [2.45, 2.75) is 65.0 Å². The highest BCUT2D eigenvalue weighted by atomic mass is 31.1. The fraction of sp³-hybridized carbons (Fsp3) is 0.462. The fourth-order valence-corrected chi connectivity index (χ4v) is 6.59. The normalized spacial score (nSPS) is 15.7. The quantitative estimate of drug-likeness (QED) is 0.313. The van der Waals surface area contributed by atoms with Crippen LogP contribution in [0.1, 0.15) is 77.8 Å². The van der Waals surface area contributed by atoms with Gasteiger partial charge in [-0.1, -0.05) is 35.3 Å². The average molecular weight is 456 g/mol. The summed E-state index contributed by atoms with van der Waals surface area (Å²) in [5, 5.41) is -1.25. The molecule has 1 aliphatic carbocycles. The third-order valence-corrected chi connectivity index (χ3v) is 8.21. The maximum absolute atomic E-state index is 14.2. The van der Waals surface area contributed by atoms with Gasteiger partial charge in [-0.15, -0.1) is 0 Å². The zero-order chi connectivity index (χ0) is 23.3. The first-order valence-electron chi connectivity index (χ1n) is 11.4. The van der Waals surface area contributed by atoms with E-state index in [1.807, 2.05) is 45.9 Å². The van der Waals surface area contributed by atoms with E-state index >= 15 is 0 Å². The van der Waals surface area contributed by atoms with Gasteiger partial charge in [0.1, 0.15) is 17.1 Å². The molecule has 1 fully saturated rings. The molecule has 3 rings (SSSR count). The second-order valence-electron chi connectivity index (χ2n) is 8.28.